The van der Waals surface area contributed by atoms with Gasteiger partial charge in [-0.3, -0.25) is 4.79 Å². The van der Waals surface area contributed by atoms with Gasteiger partial charge in [-0.2, -0.15) is 0 Å². The number of aliphatic hydroxyl groups is 2. The minimum atomic E-state index is -0.554. The smallest absolute Gasteiger partial charge is 0.155 e. The van der Waals surface area contributed by atoms with Crippen LogP contribution in [0, 0.1) is 47.3 Å². The summed E-state index contributed by atoms with van der Waals surface area (Å²) in [6.45, 7) is 2.43. The van der Waals surface area contributed by atoms with E-state index in [1.165, 1.54) is 24.8 Å². The van der Waals surface area contributed by atoms with Crippen LogP contribution < -0.4 is 0 Å². The molecule has 9 unspecified atom stereocenters. The van der Waals surface area contributed by atoms with Crippen LogP contribution in [-0.2, 0) is 4.79 Å². The molecule has 25 heavy (non-hydrogen) atoms. The lowest BCUT2D eigenvalue weighted by Gasteiger charge is -2.50. The first-order chi connectivity index (χ1) is 12.0. The van der Waals surface area contributed by atoms with Crippen molar-refractivity contribution in [2.75, 3.05) is 6.61 Å². The summed E-state index contributed by atoms with van der Waals surface area (Å²) in [6, 6.07) is 0. The van der Waals surface area contributed by atoms with Gasteiger partial charge < -0.3 is 10.2 Å². The van der Waals surface area contributed by atoms with Crippen molar-refractivity contribution in [3.63, 3.8) is 0 Å². The average molecular weight is 344 g/mol. The molecule has 5 aliphatic carbocycles. The van der Waals surface area contributed by atoms with E-state index in [-0.39, 0.29) is 6.61 Å². The molecule has 5 rings (SSSR count). The fourth-order valence-electron chi connectivity index (χ4n) is 7.88. The van der Waals surface area contributed by atoms with Gasteiger partial charge in [-0.05, 0) is 98.4 Å². The summed E-state index contributed by atoms with van der Waals surface area (Å²) in [7, 11) is 0. The number of hydrogen-bond donors (Lipinski definition) is 2. The Morgan fingerprint density at radius 3 is 2.76 bits per heavy atom. The number of hydrogen-bond acceptors (Lipinski definition) is 3. The summed E-state index contributed by atoms with van der Waals surface area (Å²) >= 11 is 0. The molecule has 3 heteroatoms. The summed E-state index contributed by atoms with van der Waals surface area (Å²) in [5.41, 5.74) is 0.962. The van der Waals surface area contributed by atoms with Crippen molar-refractivity contribution in [3.05, 3.63) is 11.6 Å². The highest BCUT2D eigenvalue weighted by Crippen LogP contribution is 2.69. The average Bonchev–Trinajstić information content (AvgIpc) is 3.35. The maximum atomic E-state index is 11.9. The summed E-state index contributed by atoms with van der Waals surface area (Å²) in [6.07, 6.45) is 10.2. The molecule has 3 nitrogen and oxygen atoms in total. The van der Waals surface area contributed by atoms with Gasteiger partial charge in [0, 0.05) is 13.0 Å². The molecule has 5 aliphatic rings. The first kappa shape index (κ1) is 16.5. The third-order valence-corrected chi connectivity index (χ3v) is 8.91. The van der Waals surface area contributed by atoms with Gasteiger partial charge in [0.05, 0.1) is 5.60 Å². The van der Waals surface area contributed by atoms with Crippen LogP contribution in [0.15, 0.2) is 11.6 Å². The van der Waals surface area contributed by atoms with Crippen LogP contribution >= 0.6 is 0 Å². The van der Waals surface area contributed by atoms with Crippen LogP contribution in [0.1, 0.15) is 58.3 Å². The van der Waals surface area contributed by atoms with E-state index in [0.717, 1.165) is 49.9 Å². The SMILES string of the molecule is CC1CC2C3C(CCC2C1(O)CCCO)C1CCC(=O)C=C1C1CC13. The number of rotatable bonds is 3. The van der Waals surface area contributed by atoms with E-state index in [4.69, 9.17) is 0 Å². The van der Waals surface area contributed by atoms with Crippen molar-refractivity contribution in [2.45, 2.75) is 63.9 Å². The van der Waals surface area contributed by atoms with Crippen molar-refractivity contribution in [3.8, 4) is 0 Å². The van der Waals surface area contributed by atoms with Crippen molar-refractivity contribution in [1.29, 1.82) is 0 Å². The molecule has 0 aliphatic heterocycles. The van der Waals surface area contributed by atoms with Gasteiger partial charge in [0.1, 0.15) is 0 Å². The zero-order chi connectivity index (χ0) is 17.3. The Morgan fingerprint density at radius 1 is 1.12 bits per heavy atom. The Hall–Kier alpha value is -0.670. The molecule has 0 aromatic carbocycles. The lowest BCUT2D eigenvalue weighted by atomic mass is 9.55. The molecule has 0 aromatic rings. The molecule has 0 radical (unpaired) electrons. The van der Waals surface area contributed by atoms with Gasteiger partial charge in [0.15, 0.2) is 5.78 Å². The van der Waals surface area contributed by atoms with Gasteiger partial charge in [-0.1, -0.05) is 12.5 Å². The number of aliphatic hydroxyl groups excluding tert-OH is 1. The van der Waals surface area contributed by atoms with E-state index in [1.54, 1.807) is 0 Å². The molecule has 4 saturated carbocycles. The number of fused-ring (bicyclic) bond motifs is 8. The van der Waals surface area contributed by atoms with E-state index in [2.05, 4.69) is 6.92 Å². The molecule has 138 valence electrons. The van der Waals surface area contributed by atoms with Crippen molar-refractivity contribution < 1.29 is 15.0 Å². The lowest BCUT2D eigenvalue weighted by Crippen LogP contribution is -2.47. The highest BCUT2D eigenvalue weighted by atomic mass is 16.3. The second-order valence-electron chi connectivity index (χ2n) is 9.81. The van der Waals surface area contributed by atoms with Gasteiger partial charge in [-0.25, -0.2) is 0 Å². The summed E-state index contributed by atoms with van der Waals surface area (Å²) in [5.74, 6) is 5.51. The first-order valence-corrected chi connectivity index (χ1v) is 10.6. The Labute approximate surface area is 150 Å². The first-order valence-electron chi connectivity index (χ1n) is 10.6. The maximum absolute atomic E-state index is 11.9. The minimum absolute atomic E-state index is 0.188. The Kier molecular flexibility index (Phi) is 3.74. The number of carbonyl (C=O) groups excluding carboxylic acids is 1. The molecule has 0 bridgehead atoms. The van der Waals surface area contributed by atoms with Gasteiger partial charge in [-0.15, -0.1) is 0 Å². The summed E-state index contributed by atoms with van der Waals surface area (Å²) < 4.78 is 0. The van der Waals surface area contributed by atoms with E-state index in [9.17, 15) is 15.0 Å². The quantitative estimate of drug-likeness (QED) is 0.825. The second-order valence-corrected chi connectivity index (χ2v) is 9.81. The normalized spacial score (nSPS) is 53.4. The fourth-order valence-corrected chi connectivity index (χ4v) is 7.88. The zero-order valence-corrected chi connectivity index (χ0v) is 15.4. The highest BCUT2D eigenvalue weighted by molar-refractivity contribution is 5.91. The van der Waals surface area contributed by atoms with E-state index in [0.29, 0.717) is 35.4 Å². The van der Waals surface area contributed by atoms with Gasteiger partial charge in [0.25, 0.3) is 0 Å². The molecule has 0 heterocycles. The van der Waals surface area contributed by atoms with Crippen LogP contribution in [0.4, 0.5) is 0 Å². The van der Waals surface area contributed by atoms with Crippen LogP contribution in [0.2, 0.25) is 0 Å². The molecular formula is C22H32O3. The second kappa shape index (κ2) is 5.66. The lowest BCUT2D eigenvalue weighted by molar-refractivity contribution is -0.116. The molecule has 9 atom stereocenters. The third-order valence-electron chi connectivity index (χ3n) is 8.91. The zero-order valence-electron chi connectivity index (χ0n) is 15.4. The molecule has 0 saturated heterocycles. The number of ketones is 1. The Morgan fingerprint density at radius 2 is 1.96 bits per heavy atom. The van der Waals surface area contributed by atoms with Gasteiger partial charge in [0.2, 0.25) is 0 Å². The monoisotopic (exact) mass is 344 g/mol. The summed E-state index contributed by atoms with van der Waals surface area (Å²) in [4.78, 5) is 11.9. The predicted octanol–water partition coefficient (Wildman–Crippen LogP) is 3.34. The largest absolute Gasteiger partial charge is 0.396 e. The Balaban J connectivity index is 1.44. The van der Waals surface area contributed by atoms with Crippen molar-refractivity contribution in [2.24, 2.45) is 47.3 Å². The number of allylic oxidation sites excluding steroid dienone is 1. The van der Waals surface area contributed by atoms with Crippen LogP contribution in [0.5, 0.6) is 0 Å². The van der Waals surface area contributed by atoms with Crippen LogP contribution in [0.3, 0.4) is 0 Å². The van der Waals surface area contributed by atoms with E-state index < -0.39 is 5.60 Å². The van der Waals surface area contributed by atoms with Crippen molar-refractivity contribution in [1.82, 2.24) is 0 Å². The highest BCUT2D eigenvalue weighted by Gasteiger charge is 2.64. The number of carbonyl (C=O) groups is 1. The molecular weight excluding hydrogens is 312 g/mol. The van der Waals surface area contributed by atoms with E-state index >= 15 is 0 Å². The van der Waals surface area contributed by atoms with Crippen LogP contribution in [0.25, 0.3) is 0 Å². The minimum Gasteiger partial charge on any atom is -0.396 e. The maximum Gasteiger partial charge on any atom is 0.155 e. The molecule has 0 amide bonds. The van der Waals surface area contributed by atoms with Crippen molar-refractivity contribution >= 4 is 5.78 Å². The summed E-state index contributed by atoms with van der Waals surface area (Å²) in [5, 5.41) is 20.7. The Bertz CT molecular complexity index is 610. The molecule has 2 N–H and O–H groups in total. The van der Waals surface area contributed by atoms with Gasteiger partial charge >= 0.3 is 0 Å². The third kappa shape index (κ3) is 2.27. The predicted molar refractivity (Wildman–Crippen MR) is 95.7 cm³/mol. The molecule has 0 aromatic heterocycles. The van der Waals surface area contributed by atoms with Crippen LogP contribution in [-0.4, -0.2) is 28.2 Å². The van der Waals surface area contributed by atoms with E-state index in [1.807, 2.05) is 6.08 Å². The topological polar surface area (TPSA) is 57.5 Å². The molecule has 4 fully saturated rings. The molecule has 0 spiro atoms. The standard InChI is InChI=1S/C22H32O3/c1-12-9-19-20(22(12,25)7-2-8-23)6-5-15-14-4-3-13(24)10-16(14)17-11-18(17)21(15)19/h10,12,14-15,17-21,23,25H,2-9,11H2,1H3. The fraction of sp³-hybridized carbons (Fsp3) is 0.864.